The molecule has 28 heavy (non-hydrogen) atoms. The Morgan fingerprint density at radius 3 is 2.46 bits per heavy atom. The molecule has 0 radical (unpaired) electrons. The zero-order chi connectivity index (χ0) is 19.3. The standard InChI is InChI=1S/C20H26N4O3.HI/c1-21-20(22-15-19(25)23-16-8-4-3-5-9-16)24-17-10-6-11-18(14-17)27-13-7-12-26-2;/h3-6,8-11,14H,7,12-13,15H2,1-2H3,(H,23,25)(H2,21,22,24);1H. The van der Waals surface area contributed by atoms with Gasteiger partial charge in [-0.15, -0.1) is 24.0 Å². The molecule has 8 heteroatoms. The third-order valence-corrected chi connectivity index (χ3v) is 3.56. The number of nitrogens with zero attached hydrogens (tertiary/aromatic N) is 1. The topological polar surface area (TPSA) is 84.0 Å². The molecule has 0 unspecified atom stereocenters. The first kappa shape index (κ1) is 23.7. The molecule has 0 saturated heterocycles. The number of benzene rings is 2. The Kier molecular flexibility index (Phi) is 11.7. The van der Waals surface area contributed by atoms with Crippen LogP contribution < -0.4 is 20.7 Å². The van der Waals surface area contributed by atoms with Gasteiger partial charge in [0.15, 0.2) is 5.96 Å². The van der Waals surface area contributed by atoms with E-state index in [1.165, 1.54) is 0 Å². The average Bonchev–Trinajstić information content (AvgIpc) is 2.69. The molecule has 0 aliphatic heterocycles. The summed E-state index contributed by atoms with van der Waals surface area (Å²) >= 11 is 0. The summed E-state index contributed by atoms with van der Waals surface area (Å²) in [5.41, 5.74) is 1.57. The molecule has 1 amide bonds. The van der Waals surface area contributed by atoms with Crippen molar-refractivity contribution < 1.29 is 14.3 Å². The summed E-state index contributed by atoms with van der Waals surface area (Å²) in [4.78, 5) is 16.2. The van der Waals surface area contributed by atoms with Crippen molar-refractivity contribution in [1.82, 2.24) is 5.32 Å². The highest BCUT2D eigenvalue weighted by atomic mass is 127. The second-order valence-corrected chi connectivity index (χ2v) is 5.69. The van der Waals surface area contributed by atoms with Crippen molar-refractivity contribution in [3.63, 3.8) is 0 Å². The van der Waals surface area contributed by atoms with Crippen LogP contribution in [0.1, 0.15) is 6.42 Å². The maximum atomic E-state index is 12.0. The fraction of sp³-hybridized carbons (Fsp3) is 0.300. The van der Waals surface area contributed by atoms with Crippen LogP contribution in [0, 0.1) is 0 Å². The fourth-order valence-corrected chi connectivity index (χ4v) is 2.26. The summed E-state index contributed by atoms with van der Waals surface area (Å²) in [5, 5.41) is 8.94. The Hall–Kier alpha value is -2.33. The van der Waals surface area contributed by atoms with E-state index in [1.807, 2.05) is 54.6 Å². The minimum absolute atomic E-state index is 0. The molecule has 2 rings (SSSR count). The van der Waals surface area contributed by atoms with Gasteiger partial charge in [-0.25, -0.2) is 0 Å². The molecule has 3 N–H and O–H groups in total. The van der Waals surface area contributed by atoms with E-state index in [-0.39, 0.29) is 36.4 Å². The van der Waals surface area contributed by atoms with Gasteiger partial charge in [0.2, 0.25) is 5.91 Å². The van der Waals surface area contributed by atoms with E-state index in [4.69, 9.17) is 9.47 Å². The summed E-state index contributed by atoms with van der Waals surface area (Å²) in [5.74, 6) is 1.10. The van der Waals surface area contributed by atoms with Gasteiger partial charge in [-0.1, -0.05) is 24.3 Å². The lowest BCUT2D eigenvalue weighted by Gasteiger charge is -2.13. The Bertz CT molecular complexity index is 741. The number of ether oxygens (including phenoxy) is 2. The highest BCUT2D eigenvalue weighted by Gasteiger charge is 2.05. The molecule has 0 aliphatic carbocycles. The number of methoxy groups -OCH3 is 1. The summed E-state index contributed by atoms with van der Waals surface area (Å²) in [6, 6.07) is 16.9. The predicted molar refractivity (Wildman–Crippen MR) is 124 cm³/mol. The molecular weight excluding hydrogens is 471 g/mol. The highest BCUT2D eigenvalue weighted by Crippen LogP contribution is 2.17. The number of carbonyl (C=O) groups excluding carboxylic acids is 1. The zero-order valence-electron chi connectivity index (χ0n) is 16.1. The van der Waals surface area contributed by atoms with Gasteiger partial charge in [-0.05, 0) is 24.3 Å². The fourth-order valence-electron chi connectivity index (χ4n) is 2.26. The number of amides is 1. The van der Waals surface area contributed by atoms with Crippen LogP contribution in [0.4, 0.5) is 11.4 Å². The maximum absolute atomic E-state index is 12.0. The Morgan fingerprint density at radius 2 is 1.75 bits per heavy atom. The smallest absolute Gasteiger partial charge is 0.243 e. The minimum atomic E-state index is -0.153. The number of hydrogen-bond acceptors (Lipinski definition) is 4. The van der Waals surface area contributed by atoms with Crippen LogP contribution in [0.3, 0.4) is 0 Å². The van der Waals surface area contributed by atoms with E-state index in [1.54, 1.807) is 14.2 Å². The molecule has 0 aromatic heterocycles. The van der Waals surface area contributed by atoms with Crippen molar-refractivity contribution in [2.24, 2.45) is 4.99 Å². The van der Waals surface area contributed by atoms with Crippen molar-refractivity contribution in [2.45, 2.75) is 6.42 Å². The average molecular weight is 498 g/mol. The monoisotopic (exact) mass is 498 g/mol. The molecule has 0 aliphatic rings. The molecule has 2 aromatic rings. The van der Waals surface area contributed by atoms with E-state index in [0.717, 1.165) is 23.5 Å². The van der Waals surface area contributed by atoms with Crippen molar-refractivity contribution in [3.8, 4) is 5.75 Å². The zero-order valence-corrected chi connectivity index (χ0v) is 18.4. The molecule has 0 spiro atoms. The number of guanidine groups is 1. The molecule has 2 aromatic carbocycles. The third-order valence-electron chi connectivity index (χ3n) is 3.56. The van der Waals surface area contributed by atoms with Crippen LogP contribution >= 0.6 is 24.0 Å². The van der Waals surface area contributed by atoms with Gasteiger partial charge < -0.3 is 25.4 Å². The predicted octanol–water partition coefficient (Wildman–Crippen LogP) is 3.35. The van der Waals surface area contributed by atoms with Gasteiger partial charge in [0, 0.05) is 44.6 Å². The maximum Gasteiger partial charge on any atom is 0.243 e. The number of nitrogens with one attached hydrogen (secondary N) is 3. The first-order chi connectivity index (χ1) is 13.2. The van der Waals surface area contributed by atoms with Crippen LogP contribution in [0.25, 0.3) is 0 Å². The Morgan fingerprint density at radius 1 is 1.00 bits per heavy atom. The van der Waals surface area contributed by atoms with Crippen molar-refractivity contribution in [1.29, 1.82) is 0 Å². The van der Waals surface area contributed by atoms with Gasteiger partial charge >= 0.3 is 0 Å². The summed E-state index contributed by atoms with van der Waals surface area (Å²) < 4.78 is 10.7. The van der Waals surface area contributed by atoms with Crippen molar-refractivity contribution in [2.75, 3.05) is 44.5 Å². The molecule has 7 nitrogen and oxygen atoms in total. The van der Waals surface area contributed by atoms with Gasteiger partial charge in [-0.2, -0.15) is 0 Å². The summed E-state index contributed by atoms with van der Waals surface area (Å²) in [7, 11) is 3.32. The molecule has 0 heterocycles. The molecule has 0 fully saturated rings. The van der Waals surface area contributed by atoms with Crippen LogP contribution in [0.15, 0.2) is 59.6 Å². The number of hydrogen-bond donors (Lipinski definition) is 3. The normalized spacial score (nSPS) is 10.6. The second-order valence-electron chi connectivity index (χ2n) is 5.69. The van der Waals surface area contributed by atoms with E-state index < -0.39 is 0 Å². The molecular formula is C20H27IN4O3. The molecule has 152 valence electrons. The van der Waals surface area contributed by atoms with E-state index >= 15 is 0 Å². The molecule has 0 bridgehead atoms. The van der Waals surface area contributed by atoms with Crippen LogP contribution in [-0.4, -0.2) is 45.8 Å². The quantitative estimate of drug-likeness (QED) is 0.214. The number of halogens is 1. The van der Waals surface area contributed by atoms with Crippen LogP contribution in [0.2, 0.25) is 0 Å². The third kappa shape index (κ3) is 9.05. The Balaban J connectivity index is 0.00000392. The first-order valence-electron chi connectivity index (χ1n) is 8.75. The van der Waals surface area contributed by atoms with Gasteiger partial charge in [-0.3, -0.25) is 9.79 Å². The lowest BCUT2D eigenvalue weighted by atomic mass is 10.3. The van der Waals surface area contributed by atoms with Gasteiger partial charge in [0.1, 0.15) is 5.75 Å². The minimum Gasteiger partial charge on any atom is -0.493 e. The number of aliphatic imine (C=N–C) groups is 1. The van der Waals surface area contributed by atoms with Crippen molar-refractivity contribution in [3.05, 3.63) is 54.6 Å². The van der Waals surface area contributed by atoms with E-state index in [2.05, 4.69) is 20.9 Å². The summed E-state index contributed by atoms with van der Waals surface area (Å²) in [6.45, 7) is 1.35. The SMILES string of the molecule is CN=C(NCC(=O)Nc1ccccc1)Nc1cccc(OCCCOC)c1.I. The van der Waals surface area contributed by atoms with E-state index in [0.29, 0.717) is 19.2 Å². The first-order valence-corrected chi connectivity index (χ1v) is 8.75. The number of carbonyl (C=O) groups is 1. The lowest BCUT2D eigenvalue weighted by molar-refractivity contribution is -0.115. The molecule has 0 atom stereocenters. The highest BCUT2D eigenvalue weighted by molar-refractivity contribution is 14.0. The van der Waals surface area contributed by atoms with Crippen molar-refractivity contribution >= 4 is 47.2 Å². The van der Waals surface area contributed by atoms with Gasteiger partial charge in [0.25, 0.3) is 0 Å². The molecule has 0 saturated carbocycles. The van der Waals surface area contributed by atoms with Crippen LogP contribution in [-0.2, 0) is 9.53 Å². The number of para-hydroxylation sites is 1. The second kappa shape index (κ2) is 13.8. The number of rotatable bonds is 9. The largest absolute Gasteiger partial charge is 0.493 e. The summed E-state index contributed by atoms with van der Waals surface area (Å²) in [6.07, 6.45) is 0.827. The van der Waals surface area contributed by atoms with E-state index in [9.17, 15) is 4.79 Å². The van der Waals surface area contributed by atoms with Crippen LogP contribution in [0.5, 0.6) is 5.75 Å². The number of anilines is 2. The van der Waals surface area contributed by atoms with Gasteiger partial charge in [0.05, 0.1) is 13.2 Å². The lowest BCUT2D eigenvalue weighted by Crippen LogP contribution is -2.37. The Labute approximate surface area is 182 Å².